The van der Waals surface area contributed by atoms with E-state index in [1.54, 1.807) is 7.11 Å². The quantitative estimate of drug-likeness (QED) is 0.223. The molecule has 0 aromatic carbocycles. The van der Waals surface area contributed by atoms with Gasteiger partial charge in [0, 0.05) is 40.4 Å². The maximum absolute atomic E-state index is 5.01. The van der Waals surface area contributed by atoms with Crippen molar-refractivity contribution in [2.75, 3.05) is 40.4 Å². The van der Waals surface area contributed by atoms with E-state index in [2.05, 4.69) is 35.8 Å². The van der Waals surface area contributed by atoms with Crippen molar-refractivity contribution >= 4 is 29.9 Å². The van der Waals surface area contributed by atoms with Crippen LogP contribution in [0.25, 0.3) is 0 Å². The second-order valence-corrected chi connectivity index (χ2v) is 3.93. The van der Waals surface area contributed by atoms with Crippen LogP contribution >= 0.6 is 24.0 Å². The summed E-state index contributed by atoms with van der Waals surface area (Å²) in [5, 5.41) is 3.30. The Bertz CT molecular complexity index is 222. The molecule has 0 aliphatic carbocycles. The summed E-state index contributed by atoms with van der Waals surface area (Å²) in [6.07, 6.45) is 5.08. The maximum Gasteiger partial charge on any atom is 0.193 e. The Morgan fingerprint density at radius 3 is 2.72 bits per heavy atom. The van der Waals surface area contributed by atoms with Crippen LogP contribution in [0.4, 0.5) is 0 Å². The third kappa shape index (κ3) is 10.8. The lowest BCUT2D eigenvalue weighted by Gasteiger charge is -2.21. The number of aliphatic imine (C=N–C) groups is 1. The number of halogens is 1. The van der Waals surface area contributed by atoms with E-state index in [-0.39, 0.29) is 24.0 Å². The second kappa shape index (κ2) is 14.8. The van der Waals surface area contributed by atoms with Crippen molar-refractivity contribution in [3.05, 3.63) is 12.7 Å². The van der Waals surface area contributed by atoms with E-state index in [1.807, 2.05) is 6.08 Å². The monoisotopic (exact) mass is 369 g/mol. The predicted octanol–water partition coefficient (Wildman–Crippen LogP) is 2.50. The maximum atomic E-state index is 5.01. The van der Waals surface area contributed by atoms with Crippen molar-refractivity contribution in [3.8, 4) is 0 Å². The van der Waals surface area contributed by atoms with Gasteiger partial charge in [0.15, 0.2) is 5.96 Å². The summed E-state index contributed by atoms with van der Waals surface area (Å²) >= 11 is 0. The van der Waals surface area contributed by atoms with Crippen LogP contribution in [0.15, 0.2) is 17.6 Å². The Morgan fingerprint density at radius 2 is 2.17 bits per heavy atom. The van der Waals surface area contributed by atoms with Gasteiger partial charge in [-0.25, -0.2) is 0 Å². The molecule has 0 saturated carbocycles. The van der Waals surface area contributed by atoms with Gasteiger partial charge in [-0.3, -0.25) is 4.99 Å². The van der Waals surface area contributed by atoms with Crippen molar-refractivity contribution in [2.24, 2.45) is 4.99 Å². The topological polar surface area (TPSA) is 36.9 Å². The molecule has 5 heteroatoms. The van der Waals surface area contributed by atoms with E-state index in [1.165, 1.54) is 0 Å². The lowest BCUT2D eigenvalue weighted by Crippen LogP contribution is -2.39. The number of unbranched alkanes of at least 4 members (excludes halogenated alkanes) is 1. The van der Waals surface area contributed by atoms with Crippen molar-refractivity contribution in [1.82, 2.24) is 10.2 Å². The van der Waals surface area contributed by atoms with Crippen LogP contribution in [0.3, 0.4) is 0 Å². The number of rotatable bonds is 9. The minimum Gasteiger partial charge on any atom is -0.385 e. The van der Waals surface area contributed by atoms with Gasteiger partial charge in [0.1, 0.15) is 0 Å². The van der Waals surface area contributed by atoms with Crippen LogP contribution < -0.4 is 5.32 Å². The first-order valence-electron chi connectivity index (χ1n) is 6.35. The third-order valence-electron chi connectivity index (χ3n) is 2.37. The highest BCUT2D eigenvalue weighted by atomic mass is 127. The number of nitrogens with zero attached hydrogens (tertiary/aromatic N) is 2. The van der Waals surface area contributed by atoms with Gasteiger partial charge < -0.3 is 15.0 Å². The molecule has 4 nitrogen and oxygen atoms in total. The summed E-state index contributed by atoms with van der Waals surface area (Å²) in [4.78, 5) is 6.72. The summed E-state index contributed by atoms with van der Waals surface area (Å²) in [5.74, 6) is 0.979. The van der Waals surface area contributed by atoms with E-state index >= 15 is 0 Å². The summed E-state index contributed by atoms with van der Waals surface area (Å²) in [7, 11) is 3.79. The number of hydrogen-bond acceptors (Lipinski definition) is 2. The minimum atomic E-state index is 0. The van der Waals surface area contributed by atoms with Gasteiger partial charge in [-0.05, 0) is 26.2 Å². The lowest BCUT2D eigenvalue weighted by atomic mass is 10.3. The summed E-state index contributed by atoms with van der Waals surface area (Å²) in [6, 6.07) is 0. The molecule has 0 saturated heterocycles. The van der Waals surface area contributed by atoms with E-state index < -0.39 is 0 Å². The molecule has 0 aliphatic heterocycles. The van der Waals surface area contributed by atoms with Crippen LogP contribution in [0.2, 0.25) is 0 Å². The van der Waals surface area contributed by atoms with E-state index in [4.69, 9.17) is 4.74 Å². The van der Waals surface area contributed by atoms with Crippen molar-refractivity contribution in [2.45, 2.75) is 26.2 Å². The normalized spacial score (nSPS) is 10.7. The van der Waals surface area contributed by atoms with Crippen molar-refractivity contribution in [3.63, 3.8) is 0 Å². The molecule has 0 fully saturated rings. The van der Waals surface area contributed by atoms with E-state index in [0.717, 1.165) is 51.5 Å². The first kappa shape index (κ1) is 20.0. The zero-order chi connectivity index (χ0) is 12.9. The van der Waals surface area contributed by atoms with Crippen LogP contribution in [0.1, 0.15) is 26.2 Å². The Kier molecular flexibility index (Phi) is 16.4. The van der Waals surface area contributed by atoms with Crippen LogP contribution in [-0.2, 0) is 4.74 Å². The summed E-state index contributed by atoms with van der Waals surface area (Å²) < 4.78 is 5.01. The summed E-state index contributed by atoms with van der Waals surface area (Å²) in [6.45, 7) is 9.29. The van der Waals surface area contributed by atoms with Gasteiger partial charge in [-0.2, -0.15) is 0 Å². The average molecular weight is 369 g/mol. The molecule has 0 aromatic heterocycles. The molecule has 0 spiro atoms. The Hall–Kier alpha value is -0.300. The Morgan fingerprint density at radius 1 is 1.44 bits per heavy atom. The molecule has 0 aliphatic rings. The van der Waals surface area contributed by atoms with Gasteiger partial charge in [0.2, 0.25) is 0 Å². The lowest BCUT2D eigenvalue weighted by molar-refractivity contribution is 0.197. The van der Waals surface area contributed by atoms with E-state index in [9.17, 15) is 0 Å². The molecule has 0 amide bonds. The molecule has 0 heterocycles. The number of allylic oxidation sites excluding steroid dienone is 1. The summed E-state index contributed by atoms with van der Waals surface area (Å²) in [5.41, 5.74) is 0. The minimum absolute atomic E-state index is 0. The molecule has 0 atom stereocenters. The van der Waals surface area contributed by atoms with E-state index in [0.29, 0.717) is 0 Å². The highest BCUT2D eigenvalue weighted by molar-refractivity contribution is 14.0. The van der Waals surface area contributed by atoms with Crippen LogP contribution in [0, 0.1) is 0 Å². The van der Waals surface area contributed by atoms with Gasteiger partial charge in [-0.1, -0.05) is 6.08 Å². The van der Waals surface area contributed by atoms with Gasteiger partial charge in [0.25, 0.3) is 0 Å². The highest BCUT2D eigenvalue weighted by Crippen LogP contribution is 1.95. The van der Waals surface area contributed by atoms with Crippen molar-refractivity contribution in [1.29, 1.82) is 0 Å². The average Bonchev–Trinajstić information content (AvgIpc) is 2.33. The third-order valence-corrected chi connectivity index (χ3v) is 2.37. The largest absolute Gasteiger partial charge is 0.385 e. The molecular weight excluding hydrogens is 341 g/mol. The number of nitrogens with one attached hydrogen (secondary N) is 1. The molecule has 0 rings (SSSR count). The smallest absolute Gasteiger partial charge is 0.193 e. The molecule has 1 N–H and O–H groups in total. The van der Waals surface area contributed by atoms with Gasteiger partial charge in [-0.15, -0.1) is 30.6 Å². The first-order valence-corrected chi connectivity index (χ1v) is 6.35. The SMILES string of the molecule is C=CCCCN(C)C(=NCCCOC)NCC.I. The molecule has 108 valence electrons. The zero-order valence-corrected chi connectivity index (χ0v) is 14.3. The molecule has 18 heavy (non-hydrogen) atoms. The predicted molar refractivity (Wildman–Crippen MR) is 89.9 cm³/mol. The number of guanidine groups is 1. The van der Waals surface area contributed by atoms with Crippen molar-refractivity contribution < 1.29 is 4.74 Å². The molecule has 0 radical (unpaired) electrons. The Labute approximate surface area is 129 Å². The standard InChI is InChI=1S/C13H27N3O.HI/c1-5-7-8-11-16(3)13(14-6-2)15-10-9-12-17-4;/h5H,1,6-12H2,2-4H3,(H,14,15);1H. The fourth-order valence-electron chi connectivity index (χ4n) is 1.44. The van der Waals surface area contributed by atoms with Crippen LogP contribution in [0.5, 0.6) is 0 Å². The number of methoxy groups -OCH3 is 1. The van der Waals surface area contributed by atoms with Crippen LogP contribution in [-0.4, -0.2) is 51.3 Å². The molecule has 0 unspecified atom stereocenters. The molecule has 0 aromatic rings. The number of ether oxygens (including phenoxy) is 1. The fraction of sp³-hybridized carbons (Fsp3) is 0.769. The Balaban J connectivity index is 0. The van der Waals surface area contributed by atoms with Gasteiger partial charge >= 0.3 is 0 Å². The first-order chi connectivity index (χ1) is 8.26. The number of hydrogen-bond donors (Lipinski definition) is 1. The highest BCUT2D eigenvalue weighted by Gasteiger charge is 2.03. The molecular formula is C13H28IN3O. The molecule has 0 bridgehead atoms. The fourth-order valence-corrected chi connectivity index (χ4v) is 1.44. The second-order valence-electron chi connectivity index (χ2n) is 3.93. The zero-order valence-electron chi connectivity index (χ0n) is 11.9. The van der Waals surface area contributed by atoms with Gasteiger partial charge in [0.05, 0.1) is 0 Å².